The summed E-state index contributed by atoms with van der Waals surface area (Å²) in [7, 11) is 2.15. The van der Waals surface area contributed by atoms with Crippen molar-refractivity contribution in [2.75, 3.05) is 46.4 Å². The fourth-order valence-electron chi connectivity index (χ4n) is 6.22. The van der Waals surface area contributed by atoms with Gasteiger partial charge in [0.25, 0.3) is 5.56 Å². The van der Waals surface area contributed by atoms with Crippen LogP contribution in [0.4, 0.5) is 0 Å². The van der Waals surface area contributed by atoms with Crippen LogP contribution in [0.3, 0.4) is 0 Å². The number of hydrogen-bond acceptors (Lipinski definition) is 8. The second kappa shape index (κ2) is 8.56. The Morgan fingerprint density at radius 1 is 1.05 bits per heavy atom. The molecule has 1 fully saturated rings. The maximum atomic E-state index is 13.8. The second-order valence-corrected chi connectivity index (χ2v) is 10.7. The van der Waals surface area contributed by atoms with E-state index in [9.17, 15) is 9.90 Å². The number of rotatable bonds is 3. The smallest absolute Gasteiger partial charge is 0.258 e. The van der Waals surface area contributed by atoms with Gasteiger partial charge in [0.1, 0.15) is 31.2 Å². The Hall–Kier alpha value is -3.40. The zero-order chi connectivity index (χ0) is 26.2. The van der Waals surface area contributed by atoms with E-state index in [4.69, 9.17) is 19.2 Å². The van der Waals surface area contributed by atoms with E-state index in [2.05, 4.69) is 23.4 Å². The number of piperazine rings is 1. The van der Waals surface area contributed by atoms with E-state index in [-0.39, 0.29) is 17.9 Å². The summed E-state index contributed by atoms with van der Waals surface area (Å²) in [6.07, 6.45) is 0.359. The molecule has 6 heterocycles. The summed E-state index contributed by atoms with van der Waals surface area (Å²) in [5.74, 6) is 1.70. The Morgan fingerprint density at radius 3 is 2.53 bits per heavy atom. The van der Waals surface area contributed by atoms with Gasteiger partial charge in [-0.15, -0.1) is 0 Å². The zero-order valence-electron chi connectivity index (χ0n) is 21.9. The van der Waals surface area contributed by atoms with Gasteiger partial charge in [0.2, 0.25) is 0 Å². The number of nitrogens with zero attached hydrogens (tertiary/aromatic N) is 4. The minimum Gasteiger partial charge on any atom is -0.490 e. The highest BCUT2D eigenvalue weighted by atomic mass is 16.6. The first-order chi connectivity index (χ1) is 18.4. The molecular weight excluding hydrogens is 484 g/mol. The van der Waals surface area contributed by atoms with Gasteiger partial charge in [0.05, 0.1) is 29.0 Å². The largest absolute Gasteiger partial charge is 0.490 e. The fraction of sp³-hybridized carbons (Fsp3) is 0.448. The van der Waals surface area contributed by atoms with Crippen molar-refractivity contribution in [1.82, 2.24) is 19.4 Å². The van der Waals surface area contributed by atoms with Crippen molar-refractivity contribution in [3.05, 3.63) is 63.1 Å². The van der Waals surface area contributed by atoms with Gasteiger partial charge in [-0.05, 0) is 31.2 Å². The van der Waals surface area contributed by atoms with Crippen molar-refractivity contribution >= 4 is 10.9 Å². The number of ether oxygens (including phenoxy) is 3. The number of aromatic nitrogens is 2. The summed E-state index contributed by atoms with van der Waals surface area (Å²) in [5, 5.41) is 12.5. The predicted molar refractivity (Wildman–Crippen MR) is 142 cm³/mol. The highest BCUT2D eigenvalue weighted by Gasteiger charge is 2.41. The SMILES string of the molecule is C=C1OCc2c(cc3n(c2=O)Cc2c-3nc3cc4c(cc3c2CN2CCN(C)CC2)OCCO4)[C@@]1(O)CC. The summed E-state index contributed by atoms with van der Waals surface area (Å²) < 4.78 is 19.3. The van der Waals surface area contributed by atoms with Crippen LogP contribution in [0.2, 0.25) is 0 Å². The summed E-state index contributed by atoms with van der Waals surface area (Å²) in [4.78, 5) is 23.7. The number of pyridine rings is 2. The lowest BCUT2D eigenvalue weighted by Gasteiger charge is -2.35. The van der Waals surface area contributed by atoms with Crippen LogP contribution < -0.4 is 15.0 Å². The molecule has 9 heteroatoms. The molecule has 0 radical (unpaired) electrons. The molecule has 1 aromatic carbocycles. The molecule has 38 heavy (non-hydrogen) atoms. The molecule has 0 unspecified atom stereocenters. The van der Waals surface area contributed by atoms with Crippen molar-refractivity contribution in [3.8, 4) is 22.9 Å². The lowest BCUT2D eigenvalue weighted by molar-refractivity contribution is -0.0172. The molecule has 7 rings (SSSR count). The Morgan fingerprint density at radius 2 is 1.79 bits per heavy atom. The molecule has 1 atom stereocenters. The van der Waals surface area contributed by atoms with Gasteiger partial charge < -0.3 is 28.8 Å². The number of fused-ring (bicyclic) bond motifs is 6. The minimum atomic E-state index is -1.41. The van der Waals surface area contributed by atoms with E-state index in [1.807, 2.05) is 25.1 Å². The Labute approximate surface area is 220 Å². The van der Waals surface area contributed by atoms with E-state index < -0.39 is 5.60 Å². The highest BCUT2D eigenvalue weighted by Crippen LogP contribution is 2.44. The standard InChI is InChI=1S/C29H32N4O5/c1-4-29(35)17(2)38-16-21-22(29)12-24-27-20(15-33(24)28(21)34)19(14-32-7-5-31(3)6-8-32)18-11-25-26(13-23(18)30-27)37-10-9-36-25/h11-13,35H,2,4-10,14-16H2,1,3H3/t29-/m1/s1. The van der Waals surface area contributed by atoms with Crippen LogP contribution in [0, 0.1) is 0 Å². The van der Waals surface area contributed by atoms with E-state index in [0.29, 0.717) is 43.1 Å². The third kappa shape index (κ3) is 3.42. The molecule has 198 valence electrons. The molecule has 1 N–H and O–H groups in total. The molecule has 3 aromatic rings. The van der Waals surface area contributed by atoms with Crippen molar-refractivity contribution in [2.24, 2.45) is 0 Å². The molecule has 0 saturated carbocycles. The average molecular weight is 517 g/mol. The summed E-state index contributed by atoms with van der Waals surface area (Å²) >= 11 is 0. The number of aliphatic hydroxyl groups is 1. The Balaban J connectivity index is 1.44. The van der Waals surface area contributed by atoms with Crippen LogP contribution in [0.5, 0.6) is 11.5 Å². The molecule has 2 aromatic heterocycles. The first kappa shape index (κ1) is 23.7. The van der Waals surface area contributed by atoms with E-state index in [0.717, 1.165) is 66.3 Å². The quantitative estimate of drug-likeness (QED) is 0.445. The van der Waals surface area contributed by atoms with Crippen molar-refractivity contribution < 1.29 is 19.3 Å². The number of likely N-dealkylation sites (N-methyl/N-ethyl adjacent to an activating group) is 1. The van der Waals surface area contributed by atoms with Gasteiger partial charge in [-0.1, -0.05) is 13.5 Å². The predicted octanol–water partition coefficient (Wildman–Crippen LogP) is 2.59. The van der Waals surface area contributed by atoms with Gasteiger partial charge in [0, 0.05) is 55.3 Å². The van der Waals surface area contributed by atoms with Gasteiger partial charge in [-0.3, -0.25) is 9.69 Å². The van der Waals surface area contributed by atoms with Crippen LogP contribution in [0.1, 0.15) is 35.6 Å². The normalized spacial score (nSPS) is 22.7. The fourth-order valence-corrected chi connectivity index (χ4v) is 6.22. The summed E-state index contributed by atoms with van der Waals surface area (Å²) in [6, 6.07) is 5.93. The highest BCUT2D eigenvalue weighted by molar-refractivity contribution is 5.90. The summed E-state index contributed by atoms with van der Waals surface area (Å²) in [5.41, 5.74) is 4.05. The maximum absolute atomic E-state index is 13.8. The third-order valence-electron chi connectivity index (χ3n) is 8.61. The van der Waals surface area contributed by atoms with Gasteiger partial charge in [0.15, 0.2) is 11.5 Å². The van der Waals surface area contributed by atoms with Crippen molar-refractivity contribution in [2.45, 2.75) is 38.6 Å². The Bertz CT molecular complexity index is 1560. The van der Waals surface area contributed by atoms with E-state index in [1.165, 1.54) is 5.56 Å². The van der Waals surface area contributed by atoms with Gasteiger partial charge >= 0.3 is 0 Å². The Kier molecular flexibility index (Phi) is 5.34. The van der Waals surface area contributed by atoms with Crippen molar-refractivity contribution in [1.29, 1.82) is 0 Å². The zero-order valence-corrected chi connectivity index (χ0v) is 21.9. The first-order valence-electron chi connectivity index (χ1n) is 13.4. The number of hydrogen-bond donors (Lipinski definition) is 1. The monoisotopic (exact) mass is 516 g/mol. The van der Waals surface area contributed by atoms with Crippen LogP contribution in [-0.2, 0) is 30.0 Å². The van der Waals surface area contributed by atoms with Gasteiger partial charge in [-0.2, -0.15) is 0 Å². The third-order valence-corrected chi connectivity index (χ3v) is 8.61. The molecule has 0 amide bonds. The average Bonchev–Trinajstić information content (AvgIpc) is 3.30. The topological polar surface area (TPSA) is 89.3 Å². The van der Waals surface area contributed by atoms with Crippen molar-refractivity contribution in [3.63, 3.8) is 0 Å². The lowest BCUT2D eigenvalue weighted by Crippen LogP contribution is -2.44. The molecular formula is C29H32N4O5. The minimum absolute atomic E-state index is 0.108. The van der Waals surface area contributed by atoms with E-state index >= 15 is 0 Å². The van der Waals surface area contributed by atoms with Crippen LogP contribution >= 0.6 is 0 Å². The van der Waals surface area contributed by atoms with Gasteiger partial charge in [-0.25, -0.2) is 4.98 Å². The molecule has 0 spiro atoms. The molecule has 0 bridgehead atoms. The van der Waals surface area contributed by atoms with Crippen LogP contribution in [0.15, 0.2) is 35.3 Å². The maximum Gasteiger partial charge on any atom is 0.258 e. The van der Waals surface area contributed by atoms with Crippen LogP contribution in [0.25, 0.3) is 22.3 Å². The molecule has 4 aliphatic heterocycles. The van der Waals surface area contributed by atoms with E-state index in [1.54, 1.807) is 4.57 Å². The summed E-state index contributed by atoms with van der Waals surface area (Å²) in [6.45, 7) is 12.1. The number of benzene rings is 1. The molecule has 0 aliphatic carbocycles. The molecule has 4 aliphatic rings. The lowest BCUT2D eigenvalue weighted by atomic mass is 9.84. The first-order valence-corrected chi connectivity index (χ1v) is 13.4. The molecule has 1 saturated heterocycles. The van der Waals surface area contributed by atoms with Crippen LogP contribution in [-0.4, -0.2) is 70.9 Å². The second-order valence-electron chi connectivity index (χ2n) is 10.7. The molecule has 9 nitrogen and oxygen atoms in total.